The monoisotopic (exact) mass is 216 g/mol. The lowest BCUT2D eigenvalue weighted by molar-refractivity contribution is 0.0326. The van der Waals surface area contributed by atoms with Gasteiger partial charge in [0.25, 0.3) is 0 Å². The molecule has 1 rings (SSSR count). The maximum Gasteiger partial charge on any atom is 0.0705 e. The molecule has 1 unspecified atom stereocenters. The molecule has 0 aromatic heterocycles. The highest BCUT2D eigenvalue weighted by Gasteiger charge is 2.18. The van der Waals surface area contributed by atoms with Gasteiger partial charge in [-0.05, 0) is 19.3 Å². The molecule has 0 bridgehead atoms. The van der Waals surface area contributed by atoms with Gasteiger partial charge in [0.2, 0.25) is 0 Å². The Balaban J connectivity index is 2.12. The fourth-order valence-corrected chi connectivity index (χ4v) is 2.03. The second kappa shape index (κ2) is 7.17. The number of nitrogens with two attached hydrogens (primary N) is 1. The first-order valence-electron chi connectivity index (χ1n) is 5.78. The number of ether oxygens (including phenoxy) is 2. The van der Waals surface area contributed by atoms with Gasteiger partial charge >= 0.3 is 0 Å². The van der Waals surface area contributed by atoms with Gasteiger partial charge in [0.15, 0.2) is 0 Å². The number of piperidine rings is 1. The van der Waals surface area contributed by atoms with E-state index in [0.29, 0.717) is 12.6 Å². The molecular formula is C11H24N2O2. The van der Waals surface area contributed by atoms with Crippen molar-refractivity contribution in [3.8, 4) is 0 Å². The topological polar surface area (TPSA) is 47.7 Å². The third-order valence-corrected chi connectivity index (χ3v) is 3.23. The molecule has 0 aromatic carbocycles. The Hall–Kier alpha value is -0.160. The average molecular weight is 216 g/mol. The summed E-state index contributed by atoms with van der Waals surface area (Å²) in [7, 11) is 3.53. The van der Waals surface area contributed by atoms with Crippen molar-refractivity contribution >= 4 is 0 Å². The maximum atomic E-state index is 5.58. The van der Waals surface area contributed by atoms with Crippen LogP contribution in [-0.4, -0.2) is 57.5 Å². The van der Waals surface area contributed by atoms with Crippen LogP contribution in [0, 0.1) is 0 Å². The molecule has 15 heavy (non-hydrogen) atoms. The molecule has 1 atom stereocenters. The van der Waals surface area contributed by atoms with E-state index in [0.717, 1.165) is 38.9 Å². The lowest BCUT2D eigenvalue weighted by Gasteiger charge is -2.31. The molecule has 4 heteroatoms. The summed E-state index contributed by atoms with van der Waals surface area (Å²) in [5, 5.41) is 0. The minimum Gasteiger partial charge on any atom is -0.381 e. The second-order valence-electron chi connectivity index (χ2n) is 4.16. The van der Waals surface area contributed by atoms with Crippen LogP contribution in [0.15, 0.2) is 0 Å². The molecule has 1 fully saturated rings. The van der Waals surface area contributed by atoms with Crippen molar-refractivity contribution in [2.24, 2.45) is 5.73 Å². The molecule has 0 spiro atoms. The Morgan fingerprint density at radius 2 is 2.00 bits per heavy atom. The van der Waals surface area contributed by atoms with E-state index >= 15 is 0 Å². The summed E-state index contributed by atoms with van der Waals surface area (Å²) >= 11 is 0. The van der Waals surface area contributed by atoms with Crippen molar-refractivity contribution in [1.82, 2.24) is 4.90 Å². The van der Waals surface area contributed by atoms with E-state index in [1.165, 1.54) is 0 Å². The zero-order valence-corrected chi connectivity index (χ0v) is 9.95. The van der Waals surface area contributed by atoms with Crippen LogP contribution in [-0.2, 0) is 9.47 Å². The van der Waals surface area contributed by atoms with Crippen LogP contribution in [0.1, 0.15) is 19.3 Å². The molecule has 0 aromatic rings. The van der Waals surface area contributed by atoms with Gasteiger partial charge in [-0.1, -0.05) is 0 Å². The SMILES string of the molecule is COC(CN)CCN1CCC(OC)CC1. The zero-order valence-electron chi connectivity index (χ0n) is 9.95. The van der Waals surface area contributed by atoms with E-state index in [-0.39, 0.29) is 6.10 Å². The Labute approximate surface area is 92.7 Å². The molecule has 1 heterocycles. The summed E-state index contributed by atoms with van der Waals surface area (Å²) in [5.41, 5.74) is 5.58. The first-order chi connectivity index (χ1) is 7.30. The van der Waals surface area contributed by atoms with Crippen LogP contribution in [0.4, 0.5) is 0 Å². The number of nitrogens with zero attached hydrogens (tertiary/aromatic N) is 1. The fraction of sp³-hybridized carbons (Fsp3) is 1.00. The minimum absolute atomic E-state index is 0.213. The van der Waals surface area contributed by atoms with Gasteiger partial charge < -0.3 is 20.1 Å². The highest BCUT2D eigenvalue weighted by atomic mass is 16.5. The van der Waals surface area contributed by atoms with Gasteiger partial charge in [0.1, 0.15) is 0 Å². The van der Waals surface area contributed by atoms with Crippen molar-refractivity contribution in [2.45, 2.75) is 31.5 Å². The number of likely N-dealkylation sites (tertiary alicyclic amines) is 1. The molecule has 4 nitrogen and oxygen atoms in total. The third-order valence-electron chi connectivity index (χ3n) is 3.23. The average Bonchev–Trinajstić information content (AvgIpc) is 2.31. The number of hydrogen-bond acceptors (Lipinski definition) is 4. The highest BCUT2D eigenvalue weighted by Crippen LogP contribution is 2.13. The van der Waals surface area contributed by atoms with E-state index in [9.17, 15) is 0 Å². The Kier molecular flexibility index (Phi) is 6.17. The largest absolute Gasteiger partial charge is 0.381 e. The van der Waals surface area contributed by atoms with Crippen LogP contribution in [0.2, 0.25) is 0 Å². The van der Waals surface area contributed by atoms with Gasteiger partial charge in [-0.2, -0.15) is 0 Å². The quantitative estimate of drug-likeness (QED) is 0.701. The molecule has 0 saturated carbocycles. The van der Waals surface area contributed by atoms with Gasteiger partial charge in [-0.15, -0.1) is 0 Å². The number of rotatable bonds is 6. The molecule has 0 amide bonds. The van der Waals surface area contributed by atoms with Crippen LogP contribution < -0.4 is 5.73 Å². The van der Waals surface area contributed by atoms with E-state index in [2.05, 4.69) is 4.90 Å². The van der Waals surface area contributed by atoms with Crippen LogP contribution >= 0.6 is 0 Å². The summed E-state index contributed by atoms with van der Waals surface area (Å²) in [5.74, 6) is 0. The van der Waals surface area contributed by atoms with E-state index in [4.69, 9.17) is 15.2 Å². The molecule has 2 N–H and O–H groups in total. The van der Waals surface area contributed by atoms with Crippen molar-refractivity contribution in [1.29, 1.82) is 0 Å². The predicted molar refractivity (Wildman–Crippen MR) is 60.9 cm³/mol. The molecule has 1 saturated heterocycles. The van der Waals surface area contributed by atoms with Gasteiger partial charge in [0.05, 0.1) is 12.2 Å². The molecule has 0 aliphatic carbocycles. The Bertz CT molecular complexity index is 155. The Morgan fingerprint density at radius 3 is 2.47 bits per heavy atom. The normalized spacial score (nSPS) is 21.8. The fourth-order valence-electron chi connectivity index (χ4n) is 2.03. The van der Waals surface area contributed by atoms with E-state index < -0.39 is 0 Å². The van der Waals surface area contributed by atoms with Gasteiger partial charge in [-0.3, -0.25) is 0 Å². The predicted octanol–water partition coefficient (Wildman–Crippen LogP) is 0.461. The molecule has 0 radical (unpaired) electrons. The van der Waals surface area contributed by atoms with Crippen LogP contribution in [0.5, 0.6) is 0 Å². The molecule has 1 aliphatic heterocycles. The lowest BCUT2D eigenvalue weighted by atomic mass is 10.1. The molecule has 1 aliphatic rings. The van der Waals surface area contributed by atoms with E-state index in [1.54, 1.807) is 14.2 Å². The summed E-state index contributed by atoms with van der Waals surface area (Å²) in [4.78, 5) is 2.47. The Morgan fingerprint density at radius 1 is 1.33 bits per heavy atom. The summed E-state index contributed by atoms with van der Waals surface area (Å²) in [6, 6.07) is 0. The summed E-state index contributed by atoms with van der Waals surface area (Å²) in [6.45, 7) is 3.98. The van der Waals surface area contributed by atoms with Crippen molar-refractivity contribution in [3.05, 3.63) is 0 Å². The van der Waals surface area contributed by atoms with Crippen molar-refractivity contribution < 1.29 is 9.47 Å². The van der Waals surface area contributed by atoms with Crippen LogP contribution in [0.25, 0.3) is 0 Å². The lowest BCUT2D eigenvalue weighted by Crippen LogP contribution is -2.39. The standard InChI is InChI=1S/C11H24N2O2/c1-14-10-3-6-13(7-4-10)8-5-11(9-12)15-2/h10-11H,3-9,12H2,1-2H3. The maximum absolute atomic E-state index is 5.58. The van der Waals surface area contributed by atoms with E-state index in [1.807, 2.05) is 0 Å². The van der Waals surface area contributed by atoms with Crippen molar-refractivity contribution in [2.75, 3.05) is 40.4 Å². The van der Waals surface area contributed by atoms with Gasteiger partial charge in [0, 0.05) is 40.4 Å². The number of hydrogen-bond donors (Lipinski definition) is 1. The summed E-state index contributed by atoms with van der Waals surface area (Å²) < 4.78 is 10.6. The molecule has 90 valence electrons. The van der Waals surface area contributed by atoms with Crippen LogP contribution in [0.3, 0.4) is 0 Å². The number of methoxy groups -OCH3 is 2. The first kappa shape index (κ1) is 12.9. The minimum atomic E-state index is 0.213. The second-order valence-corrected chi connectivity index (χ2v) is 4.16. The molecular weight excluding hydrogens is 192 g/mol. The van der Waals surface area contributed by atoms with Gasteiger partial charge in [-0.25, -0.2) is 0 Å². The zero-order chi connectivity index (χ0) is 11.1. The highest BCUT2D eigenvalue weighted by molar-refractivity contribution is 4.73. The third kappa shape index (κ3) is 4.47. The first-order valence-corrected chi connectivity index (χ1v) is 5.78. The van der Waals surface area contributed by atoms with Crippen molar-refractivity contribution in [3.63, 3.8) is 0 Å². The smallest absolute Gasteiger partial charge is 0.0705 e. The summed E-state index contributed by atoms with van der Waals surface area (Å²) in [6.07, 6.45) is 4.01.